The second-order valence-electron chi connectivity index (χ2n) is 7.56. The van der Waals surface area contributed by atoms with E-state index >= 15 is 0 Å². The summed E-state index contributed by atoms with van der Waals surface area (Å²) in [4.78, 5) is 6.73. The van der Waals surface area contributed by atoms with Crippen LogP contribution in [-0.4, -0.2) is 55.8 Å². The van der Waals surface area contributed by atoms with Crippen LogP contribution in [0.5, 0.6) is 0 Å². The van der Waals surface area contributed by atoms with E-state index in [4.69, 9.17) is 0 Å². The van der Waals surface area contributed by atoms with Crippen LogP contribution in [0.1, 0.15) is 18.5 Å². The van der Waals surface area contributed by atoms with E-state index in [0.29, 0.717) is 18.9 Å². The summed E-state index contributed by atoms with van der Waals surface area (Å²) in [6.45, 7) is 4.58. The van der Waals surface area contributed by atoms with Crippen molar-refractivity contribution in [2.75, 3.05) is 38.5 Å². The molecule has 1 aromatic heterocycles. The molecule has 4 rings (SSSR count). The maximum Gasteiger partial charge on any atom is 0.244 e. The van der Waals surface area contributed by atoms with E-state index in [2.05, 4.69) is 52.5 Å². The van der Waals surface area contributed by atoms with Crippen molar-refractivity contribution in [2.45, 2.75) is 17.9 Å². The summed E-state index contributed by atoms with van der Waals surface area (Å²) in [5.74, 6) is 0.656. The molecule has 0 saturated carbocycles. The monoisotopic (exact) mass is 410 g/mol. The molecule has 0 radical (unpaired) electrons. The van der Waals surface area contributed by atoms with Crippen molar-refractivity contribution in [2.24, 2.45) is 0 Å². The summed E-state index contributed by atoms with van der Waals surface area (Å²) >= 11 is 0. The zero-order valence-corrected chi connectivity index (χ0v) is 17.6. The molecule has 1 atom stereocenters. The minimum atomic E-state index is -3.49. The Morgan fingerprint density at radius 3 is 2.38 bits per heavy atom. The number of piperazine rings is 1. The smallest absolute Gasteiger partial charge is 0.244 e. The van der Waals surface area contributed by atoms with Crippen LogP contribution in [-0.2, 0) is 10.0 Å². The summed E-state index contributed by atoms with van der Waals surface area (Å²) < 4.78 is 27.2. The number of fused-ring (bicyclic) bond motifs is 1. The van der Waals surface area contributed by atoms with E-state index in [1.807, 2.05) is 19.2 Å². The van der Waals surface area contributed by atoms with Gasteiger partial charge in [-0.15, -0.1) is 0 Å². The fourth-order valence-corrected chi connectivity index (χ4v) is 4.95. The zero-order valence-electron chi connectivity index (χ0n) is 16.7. The highest BCUT2D eigenvalue weighted by Crippen LogP contribution is 2.24. The first-order valence-corrected chi connectivity index (χ1v) is 11.3. The first-order valence-electron chi connectivity index (χ1n) is 9.83. The van der Waals surface area contributed by atoms with Crippen molar-refractivity contribution in [3.05, 3.63) is 66.4 Å². The minimum Gasteiger partial charge on any atom is -0.364 e. The molecule has 2 aromatic carbocycles. The van der Waals surface area contributed by atoms with Gasteiger partial charge < -0.3 is 10.2 Å². The molecule has 3 aromatic rings. The highest BCUT2D eigenvalue weighted by molar-refractivity contribution is 7.89. The SMILES string of the molecule is C[C@H](Nc1ccc(S(=O)(=O)N2CCN(C)CC2)cn1)c1ccc2ccccc2c1. The normalized spacial score (nSPS) is 17.3. The summed E-state index contributed by atoms with van der Waals surface area (Å²) in [7, 11) is -1.49. The Balaban J connectivity index is 1.47. The van der Waals surface area contributed by atoms with Gasteiger partial charge in [0.05, 0.1) is 0 Å². The van der Waals surface area contributed by atoms with Gasteiger partial charge in [0.15, 0.2) is 0 Å². The van der Waals surface area contributed by atoms with Crippen molar-refractivity contribution in [3.63, 3.8) is 0 Å². The third kappa shape index (κ3) is 4.27. The van der Waals surface area contributed by atoms with Crippen LogP contribution in [0.15, 0.2) is 65.7 Å². The topological polar surface area (TPSA) is 65.5 Å². The van der Waals surface area contributed by atoms with E-state index < -0.39 is 10.0 Å². The van der Waals surface area contributed by atoms with Crippen molar-refractivity contribution in [1.82, 2.24) is 14.2 Å². The van der Waals surface area contributed by atoms with Crippen LogP contribution >= 0.6 is 0 Å². The van der Waals surface area contributed by atoms with Crippen molar-refractivity contribution in [3.8, 4) is 0 Å². The number of pyridine rings is 1. The molecule has 6 nitrogen and oxygen atoms in total. The number of likely N-dealkylation sites (N-methyl/N-ethyl adjacent to an activating group) is 1. The Labute approximate surface area is 172 Å². The molecule has 7 heteroatoms. The molecule has 1 aliphatic rings. The predicted octanol–water partition coefficient (Wildman–Crippen LogP) is 3.34. The molecule has 2 heterocycles. The van der Waals surface area contributed by atoms with Gasteiger partial charge in [-0.3, -0.25) is 0 Å². The van der Waals surface area contributed by atoms with Crippen LogP contribution in [0.4, 0.5) is 5.82 Å². The van der Waals surface area contributed by atoms with E-state index in [1.54, 1.807) is 12.1 Å². The molecule has 0 spiro atoms. The second kappa shape index (κ2) is 8.10. The number of nitrogens with zero attached hydrogens (tertiary/aromatic N) is 3. The molecule has 29 heavy (non-hydrogen) atoms. The number of anilines is 1. The highest BCUT2D eigenvalue weighted by atomic mass is 32.2. The first-order chi connectivity index (χ1) is 13.9. The number of aromatic nitrogens is 1. The molecular weight excluding hydrogens is 384 g/mol. The van der Waals surface area contributed by atoms with Gasteiger partial charge in [-0.25, -0.2) is 13.4 Å². The van der Waals surface area contributed by atoms with E-state index in [0.717, 1.165) is 18.7 Å². The van der Waals surface area contributed by atoms with Gasteiger partial charge >= 0.3 is 0 Å². The van der Waals surface area contributed by atoms with Gasteiger partial charge in [0.1, 0.15) is 10.7 Å². The molecule has 1 saturated heterocycles. The lowest BCUT2D eigenvalue weighted by atomic mass is 10.0. The quantitative estimate of drug-likeness (QED) is 0.699. The van der Waals surface area contributed by atoms with Crippen molar-refractivity contribution < 1.29 is 8.42 Å². The third-order valence-corrected chi connectivity index (χ3v) is 7.36. The van der Waals surface area contributed by atoms with Crippen molar-refractivity contribution >= 4 is 26.6 Å². The molecule has 0 unspecified atom stereocenters. The van der Waals surface area contributed by atoms with Gasteiger partial charge in [-0.1, -0.05) is 36.4 Å². The van der Waals surface area contributed by atoms with Crippen LogP contribution in [0.3, 0.4) is 0 Å². The number of hydrogen-bond donors (Lipinski definition) is 1. The molecule has 1 N–H and O–H groups in total. The van der Waals surface area contributed by atoms with Crippen LogP contribution in [0.2, 0.25) is 0 Å². The Bertz CT molecular complexity index is 1090. The fraction of sp³-hybridized carbons (Fsp3) is 0.318. The lowest BCUT2D eigenvalue weighted by Crippen LogP contribution is -2.47. The average Bonchev–Trinajstić information content (AvgIpc) is 2.74. The second-order valence-corrected chi connectivity index (χ2v) is 9.50. The first kappa shape index (κ1) is 19.8. The zero-order chi connectivity index (χ0) is 20.4. The molecule has 0 bridgehead atoms. The Kier molecular flexibility index (Phi) is 5.54. The Hall–Kier alpha value is -2.48. The highest BCUT2D eigenvalue weighted by Gasteiger charge is 2.27. The van der Waals surface area contributed by atoms with E-state index in [1.165, 1.54) is 21.3 Å². The average molecular weight is 411 g/mol. The Morgan fingerprint density at radius 2 is 1.69 bits per heavy atom. The molecule has 0 aliphatic carbocycles. The lowest BCUT2D eigenvalue weighted by molar-refractivity contribution is 0.222. The molecule has 0 amide bonds. The molecule has 152 valence electrons. The maximum atomic E-state index is 12.8. The largest absolute Gasteiger partial charge is 0.364 e. The molecule has 1 fully saturated rings. The van der Waals surface area contributed by atoms with Crippen molar-refractivity contribution in [1.29, 1.82) is 0 Å². The third-order valence-electron chi connectivity index (χ3n) is 5.47. The van der Waals surface area contributed by atoms with Gasteiger partial charge in [-0.2, -0.15) is 4.31 Å². The summed E-state index contributed by atoms with van der Waals surface area (Å²) in [6, 6.07) is 18.1. The molecule has 1 aliphatic heterocycles. The number of benzene rings is 2. The number of hydrogen-bond acceptors (Lipinski definition) is 5. The van der Waals surface area contributed by atoms with Crippen LogP contribution < -0.4 is 5.32 Å². The predicted molar refractivity (Wildman–Crippen MR) is 116 cm³/mol. The van der Waals surface area contributed by atoms with Crippen LogP contribution in [0, 0.1) is 0 Å². The number of nitrogens with one attached hydrogen (secondary N) is 1. The summed E-state index contributed by atoms with van der Waals surface area (Å²) in [6.07, 6.45) is 1.45. The molecular formula is C22H26N4O2S. The maximum absolute atomic E-state index is 12.8. The van der Waals surface area contributed by atoms with E-state index in [9.17, 15) is 8.42 Å². The van der Waals surface area contributed by atoms with E-state index in [-0.39, 0.29) is 10.9 Å². The Morgan fingerprint density at radius 1 is 0.966 bits per heavy atom. The van der Waals surface area contributed by atoms with Gasteiger partial charge in [0.2, 0.25) is 10.0 Å². The minimum absolute atomic E-state index is 0.0483. The van der Waals surface area contributed by atoms with Gasteiger partial charge in [-0.05, 0) is 48.5 Å². The standard InChI is InChI=1S/C22H26N4O2S/c1-17(19-8-7-18-5-3-4-6-20(18)15-19)24-22-10-9-21(16-23-22)29(27,28)26-13-11-25(2)12-14-26/h3-10,15-17H,11-14H2,1-2H3,(H,23,24)/t17-/m0/s1. The van der Waals surface area contributed by atoms with Gasteiger partial charge in [0, 0.05) is 38.4 Å². The van der Waals surface area contributed by atoms with Gasteiger partial charge in [0.25, 0.3) is 0 Å². The summed E-state index contributed by atoms with van der Waals surface area (Å²) in [5, 5.41) is 5.76. The number of sulfonamides is 1. The van der Waals surface area contributed by atoms with Crippen LogP contribution in [0.25, 0.3) is 10.8 Å². The number of rotatable bonds is 5. The fourth-order valence-electron chi connectivity index (χ4n) is 3.58. The lowest BCUT2D eigenvalue weighted by Gasteiger charge is -2.31. The summed E-state index contributed by atoms with van der Waals surface area (Å²) in [5.41, 5.74) is 1.15.